The summed E-state index contributed by atoms with van der Waals surface area (Å²) < 4.78 is 16.6. The Hall–Kier alpha value is -3.58. The highest BCUT2D eigenvalue weighted by Gasteiger charge is 2.27. The summed E-state index contributed by atoms with van der Waals surface area (Å²) >= 11 is 1.48. The molecule has 7 heteroatoms. The highest BCUT2D eigenvalue weighted by atomic mass is 32.2. The van der Waals surface area contributed by atoms with Gasteiger partial charge in [-0.2, -0.15) is 0 Å². The van der Waals surface area contributed by atoms with Crippen LogP contribution < -0.4 is 24.8 Å². The van der Waals surface area contributed by atoms with E-state index < -0.39 is 0 Å². The van der Waals surface area contributed by atoms with Crippen LogP contribution in [0.5, 0.6) is 17.2 Å². The number of aryl methyl sites for hydroxylation is 1. The molecule has 0 saturated carbocycles. The largest absolute Gasteiger partial charge is 0.489 e. The highest BCUT2D eigenvalue weighted by molar-refractivity contribution is 8.05. The van der Waals surface area contributed by atoms with Gasteiger partial charge in [0.1, 0.15) is 12.4 Å². The molecule has 0 aromatic heterocycles. The van der Waals surface area contributed by atoms with Crippen molar-refractivity contribution in [2.24, 2.45) is 0 Å². The van der Waals surface area contributed by atoms with Gasteiger partial charge < -0.3 is 24.8 Å². The number of thioether (sulfide) groups is 1. The van der Waals surface area contributed by atoms with Crippen molar-refractivity contribution in [2.75, 3.05) is 12.1 Å². The minimum absolute atomic E-state index is 0.0780. The Morgan fingerprint density at radius 1 is 1.03 bits per heavy atom. The molecule has 1 saturated heterocycles. The van der Waals surface area contributed by atoms with E-state index in [1.807, 2.05) is 60.7 Å². The molecule has 168 valence electrons. The lowest BCUT2D eigenvalue weighted by Gasteiger charge is -2.12. The number of hydrogen-bond donors (Lipinski definition) is 2. The molecule has 0 spiro atoms. The van der Waals surface area contributed by atoms with Gasteiger partial charge >= 0.3 is 0 Å². The Labute approximate surface area is 196 Å². The fourth-order valence-corrected chi connectivity index (χ4v) is 4.55. The zero-order valence-electron chi connectivity index (χ0n) is 18.2. The molecule has 5 rings (SSSR count). The van der Waals surface area contributed by atoms with E-state index in [1.165, 1.54) is 17.3 Å². The lowest BCUT2D eigenvalue weighted by molar-refractivity contribution is -0.116. The SMILES string of the molecule is CCc1ccc(N[C@H]2NC(=O)/C(=C/c3ccc(OCc4ccc5c(c4)OCO5)cc3)S2)cc1. The average molecular weight is 461 g/mol. The maximum Gasteiger partial charge on any atom is 0.260 e. The van der Waals surface area contributed by atoms with Crippen molar-refractivity contribution < 1.29 is 19.0 Å². The topological polar surface area (TPSA) is 68.8 Å². The first-order chi connectivity index (χ1) is 16.2. The normalized spacial score (nSPS) is 17.8. The Morgan fingerprint density at radius 3 is 2.58 bits per heavy atom. The van der Waals surface area contributed by atoms with Crippen molar-refractivity contribution in [3.8, 4) is 17.2 Å². The molecule has 2 heterocycles. The number of carbonyl (C=O) groups is 1. The van der Waals surface area contributed by atoms with E-state index in [1.54, 1.807) is 0 Å². The van der Waals surface area contributed by atoms with Crippen LogP contribution in [0, 0.1) is 0 Å². The summed E-state index contributed by atoms with van der Waals surface area (Å²) in [4.78, 5) is 13.1. The third-order valence-corrected chi connectivity index (χ3v) is 6.44. The fourth-order valence-electron chi connectivity index (χ4n) is 3.56. The van der Waals surface area contributed by atoms with Crippen LogP contribution in [0.1, 0.15) is 23.6 Å². The Balaban J connectivity index is 1.17. The van der Waals surface area contributed by atoms with Crippen LogP contribution in [0.2, 0.25) is 0 Å². The number of nitrogens with one attached hydrogen (secondary N) is 2. The van der Waals surface area contributed by atoms with Crippen molar-refractivity contribution in [1.29, 1.82) is 0 Å². The molecule has 0 bridgehead atoms. The number of carbonyl (C=O) groups excluding carboxylic acids is 1. The first-order valence-corrected chi connectivity index (χ1v) is 11.7. The molecule has 3 aromatic rings. The maximum atomic E-state index is 12.4. The minimum Gasteiger partial charge on any atom is -0.489 e. The fraction of sp³-hybridized carbons (Fsp3) is 0.192. The van der Waals surface area contributed by atoms with E-state index >= 15 is 0 Å². The van der Waals surface area contributed by atoms with Crippen LogP contribution in [-0.4, -0.2) is 18.2 Å². The Morgan fingerprint density at radius 2 is 1.79 bits per heavy atom. The number of ether oxygens (including phenoxy) is 3. The first-order valence-electron chi connectivity index (χ1n) is 10.8. The number of hydrogen-bond acceptors (Lipinski definition) is 6. The molecular weight excluding hydrogens is 436 g/mol. The summed E-state index contributed by atoms with van der Waals surface area (Å²) in [6, 6.07) is 21.7. The third-order valence-electron chi connectivity index (χ3n) is 5.41. The molecule has 33 heavy (non-hydrogen) atoms. The van der Waals surface area contributed by atoms with Crippen molar-refractivity contribution in [3.05, 3.63) is 88.3 Å². The summed E-state index contributed by atoms with van der Waals surface area (Å²) in [5, 5.41) is 6.32. The first kappa shape index (κ1) is 21.3. The van der Waals surface area contributed by atoms with Gasteiger partial charge in [-0.25, -0.2) is 0 Å². The predicted octanol–water partition coefficient (Wildman–Crippen LogP) is 5.16. The minimum atomic E-state index is -0.194. The molecule has 2 N–H and O–H groups in total. The Kier molecular flexibility index (Phi) is 6.13. The van der Waals surface area contributed by atoms with Crippen LogP contribution >= 0.6 is 11.8 Å². The van der Waals surface area contributed by atoms with Gasteiger partial charge in [-0.3, -0.25) is 4.79 Å². The number of rotatable bonds is 7. The highest BCUT2D eigenvalue weighted by Crippen LogP contribution is 2.33. The van der Waals surface area contributed by atoms with Crippen molar-refractivity contribution in [3.63, 3.8) is 0 Å². The zero-order valence-corrected chi connectivity index (χ0v) is 19.0. The maximum absolute atomic E-state index is 12.4. The van der Waals surface area contributed by atoms with E-state index in [9.17, 15) is 4.79 Å². The Bertz CT molecular complexity index is 1180. The molecule has 0 aliphatic carbocycles. The molecule has 3 aromatic carbocycles. The molecule has 6 nitrogen and oxygen atoms in total. The monoisotopic (exact) mass is 460 g/mol. The van der Waals surface area contributed by atoms with E-state index in [0.717, 1.165) is 40.5 Å². The van der Waals surface area contributed by atoms with Crippen LogP contribution in [-0.2, 0) is 17.8 Å². The lowest BCUT2D eigenvalue weighted by atomic mass is 10.1. The molecule has 1 amide bonds. The molecule has 2 aliphatic heterocycles. The second kappa shape index (κ2) is 9.50. The second-order valence-electron chi connectivity index (χ2n) is 7.72. The van der Waals surface area contributed by atoms with Gasteiger partial charge in [0.2, 0.25) is 6.79 Å². The zero-order chi connectivity index (χ0) is 22.6. The third kappa shape index (κ3) is 5.09. The van der Waals surface area contributed by atoms with E-state index in [0.29, 0.717) is 11.5 Å². The van der Waals surface area contributed by atoms with Crippen LogP contribution in [0.4, 0.5) is 5.69 Å². The second-order valence-corrected chi connectivity index (χ2v) is 8.87. The molecule has 2 aliphatic rings. The molecule has 1 atom stereocenters. The van der Waals surface area contributed by atoms with Crippen LogP contribution in [0.3, 0.4) is 0 Å². The number of fused-ring (bicyclic) bond motifs is 1. The summed E-state index contributed by atoms with van der Waals surface area (Å²) in [6.07, 6.45) is 2.90. The standard InChI is InChI=1S/C26H24N2O4S/c1-2-17-3-8-20(9-4-17)27-26-28-25(29)24(33-26)14-18-5-10-21(11-6-18)30-15-19-7-12-22-23(13-19)32-16-31-22/h3-14,26-27H,2,15-16H2,1H3,(H,28,29)/b24-14-/t26-/m0/s1. The van der Waals surface area contributed by atoms with Gasteiger partial charge in [-0.15, -0.1) is 0 Å². The average Bonchev–Trinajstić information content (AvgIpc) is 3.45. The predicted molar refractivity (Wildman–Crippen MR) is 130 cm³/mol. The number of benzene rings is 3. The van der Waals surface area contributed by atoms with Gasteiger partial charge in [0, 0.05) is 5.69 Å². The molecule has 0 unspecified atom stereocenters. The van der Waals surface area contributed by atoms with Gasteiger partial charge in [-0.1, -0.05) is 49.0 Å². The van der Waals surface area contributed by atoms with Crippen molar-refractivity contribution in [1.82, 2.24) is 5.32 Å². The quantitative estimate of drug-likeness (QED) is 0.475. The van der Waals surface area contributed by atoms with Crippen LogP contribution in [0.25, 0.3) is 6.08 Å². The van der Waals surface area contributed by atoms with Gasteiger partial charge in [-0.05, 0) is 65.6 Å². The van der Waals surface area contributed by atoms with Crippen LogP contribution in [0.15, 0.2) is 71.6 Å². The summed E-state index contributed by atoms with van der Waals surface area (Å²) in [7, 11) is 0. The number of anilines is 1. The number of amides is 1. The molecular formula is C26H24N2O4S. The van der Waals surface area contributed by atoms with E-state index in [-0.39, 0.29) is 18.2 Å². The van der Waals surface area contributed by atoms with Crippen molar-refractivity contribution in [2.45, 2.75) is 25.4 Å². The van der Waals surface area contributed by atoms with Gasteiger partial charge in [0.25, 0.3) is 5.91 Å². The van der Waals surface area contributed by atoms with E-state index in [4.69, 9.17) is 14.2 Å². The lowest BCUT2D eigenvalue weighted by Crippen LogP contribution is -2.30. The summed E-state index contributed by atoms with van der Waals surface area (Å²) in [6.45, 7) is 2.82. The van der Waals surface area contributed by atoms with Gasteiger partial charge in [0.15, 0.2) is 17.0 Å². The summed E-state index contributed by atoms with van der Waals surface area (Å²) in [5.74, 6) is 2.19. The van der Waals surface area contributed by atoms with Crippen molar-refractivity contribution >= 4 is 29.4 Å². The smallest absolute Gasteiger partial charge is 0.260 e. The summed E-state index contributed by atoms with van der Waals surface area (Å²) in [5.41, 5.74) is 4.02. The van der Waals surface area contributed by atoms with Gasteiger partial charge in [0.05, 0.1) is 4.91 Å². The van der Waals surface area contributed by atoms with E-state index in [2.05, 4.69) is 29.7 Å². The molecule has 1 fully saturated rings. The molecule has 0 radical (unpaired) electrons.